The first-order valence-electron chi connectivity index (χ1n) is 7.10. The van der Waals surface area contributed by atoms with Gasteiger partial charge in [-0.25, -0.2) is 0 Å². The molecule has 0 aromatic carbocycles. The van der Waals surface area contributed by atoms with E-state index in [1.165, 1.54) is 31.4 Å². The molecule has 2 aliphatic carbocycles. The lowest BCUT2D eigenvalue weighted by molar-refractivity contribution is 0.480. The molecule has 2 heterocycles. The van der Waals surface area contributed by atoms with Gasteiger partial charge in [-0.1, -0.05) is 18.9 Å². The number of fused-ring (bicyclic) bond motifs is 1. The van der Waals surface area contributed by atoms with Gasteiger partial charge in [-0.05, 0) is 30.7 Å². The fraction of sp³-hybridized carbons (Fsp3) is 0.467. The van der Waals surface area contributed by atoms with Crippen molar-refractivity contribution in [3.63, 3.8) is 0 Å². The van der Waals surface area contributed by atoms with Gasteiger partial charge in [-0.3, -0.25) is 10.1 Å². The second kappa shape index (κ2) is 4.08. The summed E-state index contributed by atoms with van der Waals surface area (Å²) in [6, 6.07) is 4.01. The van der Waals surface area contributed by atoms with E-state index < -0.39 is 0 Å². The van der Waals surface area contributed by atoms with Crippen LogP contribution >= 0.6 is 0 Å². The molecular weight excluding hydrogens is 236 g/mol. The van der Waals surface area contributed by atoms with Crippen molar-refractivity contribution in [2.24, 2.45) is 11.8 Å². The monoisotopic (exact) mass is 254 g/mol. The summed E-state index contributed by atoms with van der Waals surface area (Å²) in [6.45, 7) is 0. The highest BCUT2D eigenvalue weighted by Gasteiger charge is 2.53. The Kier molecular flexibility index (Phi) is 2.37. The SMILES string of the molecule is Nc1n[nH]c(C2C3CCCCC32)c1-c1cccnc1. The molecular formula is C15H18N4. The van der Waals surface area contributed by atoms with E-state index in [0.29, 0.717) is 11.7 Å². The van der Waals surface area contributed by atoms with E-state index in [9.17, 15) is 0 Å². The van der Waals surface area contributed by atoms with Crippen LogP contribution in [0.4, 0.5) is 5.82 Å². The molecule has 0 spiro atoms. The highest BCUT2D eigenvalue weighted by atomic mass is 15.2. The van der Waals surface area contributed by atoms with Gasteiger partial charge in [-0.15, -0.1) is 0 Å². The topological polar surface area (TPSA) is 67.6 Å². The molecule has 2 fully saturated rings. The Morgan fingerprint density at radius 1 is 1.21 bits per heavy atom. The van der Waals surface area contributed by atoms with Crippen LogP contribution in [0.15, 0.2) is 24.5 Å². The molecule has 3 N–H and O–H groups in total. The lowest BCUT2D eigenvalue weighted by Crippen LogP contribution is -1.91. The summed E-state index contributed by atoms with van der Waals surface area (Å²) in [5, 5.41) is 7.43. The molecule has 98 valence electrons. The Balaban J connectivity index is 1.75. The number of nitrogens with two attached hydrogens (primary N) is 1. The van der Waals surface area contributed by atoms with Crippen molar-refractivity contribution >= 4 is 5.82 Å². The Morgan fingerprint density at radius 2 is 2.00 bits per heavy atom. The second-order valence-corrected chi connectivity index (χ2v) is 5.78. The number of nitrogens with one attached hydrogen (secondary N) is 1. The Morgan fingerprint density at radius 3 is 2.68 bits per heavy atom. The summed E-state index contributed by atoms with van der Waals surface area (Å²) >= 11 is 0. The first kappa shape index (κ1) is 11.0. The summed E-state index contributed by atoms with van der Waals surface area (Å²) in [6.07, 6.45) is 9.14. The molecule has 0 saturated heterocycles. The quantitative estimate of drug-likeness (QED) is 0.865. The number of aromatic nitrogens is 3. The first-order valence-corrected chi connectivity index (χ1v) is 7.10. The van der Waals surface area contributed by atoms with Gasteiger partial charge in [0.2, 0.25) is 0 Å². The first-order chi connectivity index (χ1) is 9.36. The smallest absolute Gasteiger partial charge is 0.153 e. The molecule has 0 aliphatic heterocycles. The van der Waals surface area contributed by atoms with Gasteiger partial charge in [0.05, 0.1) is 0 Å². The molecule has 2 aromatic heterocycles. The maximum atomic E-state index is 6.06. The standard InChI is InChI=1S/C15H18N4/c16-15-12(9-4-3-7-17-8-9)14(18-19-15)13-10-5-1-2-6-11(10)13/h3-4,7-8,10-11,13H,1-2,5-6H2,(H3,16,18,19). The summed E-state index contributed by atoms with van der Waals surface area (Å²) in [5.74, 6) is 2.95. The number of hydrogen-bond acceptors (Lipinski definition) is 3. The van der Waals surface area contributed by atoms with E-state index in [0.717, 1.165) is 23.0 Å². The van der Waals surface area contributed by atoms with Crippen LogP contribution < -0.4 is 5.73 Å². The number of rotatable bonds is 2. The number of nitrogen functional groups attached to an aromatic ring is 1. The molecule has 2 saturated carbocycles. The molecule has 0 bridgehead atoms. The zero-order valence-electron chi connectivity index (χ0n) is 10.8. The van der Waals surface area contributed by atoms with Crippen LogP contribution in [0.3, 0.4) is 0 Å². The van der Waals surface area contributed by atoms with Gasteiger partial charge in [-0.2, -0.15) is 5.10 Å². The Bertz CT molecular complexity index is 577. The zero-order valence-corrected chi connectivity index (χ0v) is 10.8. The third kappa shape index (κ3) is 1.66. The normalized spacial score (nSPS) is 28.9. The maximum Gasteiger partial charge on any atom is 0.153 e. The molecule has 19 heavy (non-hydrogen) atoms. The zero-order chi connectivity index (χ0) is 12.8. The highest BCUT2D eigenvalue weighted by molar-refractivity contribution is 5.76. The van der Waals surface area contributed by atoms with Gasteiger partial charge < -0.3 is 5.73 Å². The third-order valence-corrected chi connectivity index (χ3v) is 4.76. The van der Waals surface area contributed by atoms with E-state index in [-0.39, 0.29) is 0 Å². The minimum absolute atomic E-state index is 0.603. The molecule has 4 heteroatoms. The predicted molar refractivity (Wildman–Crippen MR) is 74.4 cm³/mol. The second-order valence-electron chi connectivity index (χ2n) is 5.78. The number of anilines is 1. The summed E-state index contributed by atoms with van der Waals surface area (Å²) in [7, 11) is 0. The predicted octanol–water partition coefficient (Wildman–Crippen LogP) is 2.96. The summed E-state index contributed by atoms with van der Waals surface area (Å²) in [4.78, 5) is 4.20. The van der Waals surface area contributed by atoms with Crippen LogP contribution in [-0.2, 0) is 0 Å². The van der Waals surface area contributed by atoms with Gasteiger partial charge >= 0.3 is 0 Å². The van der Waals surface area contributed by atoms with E-state index in [1.807, 2.05) is 12.3 Å². The van der Waals surface area contributed by atoms with Crippen LogP contribution in [0, 0.1) is 11.8 Å². The van der Waals surface area contributed by atoms with Crippen molar-refractivity contribution in [3.05, 3.63) is 30.2 Å². The van der Waals surface area contributed by atoms with Crippen molar-refractivity contribution in [3.8, 4) is 11.1 Å². The van der Waals surface area contributed by atoms with E-state index in [4.69, 9.17) is 5.73 Å². The van der Waals surface area contributed by atoms with Gasteiger partial charge in [0.1, 0.15) is 0 Å². The van der Waals surface area contributed by atoms with Gasteiger partial charge in [0.25, 0.3) is 0 Å². The van der Waals surface area contributed by atoms with E-state index in [2.05, 4.69) is 21.2 Å². The number of aromatic amines is 1. The maximum absolute atomic E-state index is 6.06. The van der Waals surface area contributed by atoms with Crippen LogP contribution in [0.5, 0.6) is 0 Å². The van der Waals surface area contributed by atoms with Gasteiger partial charge in [0.15, 0.2) is 5.82 Å². The number of H-pyrrole nitrogens is 1. The number of hydrogen-bond donors (Lipinski definition) is 2. The molecule has 2 aliphatic rings. The van der Waals surface area contributed by atoms with Crippen molar-refractivity contribution < 1.29 is 0 Å². The largest absolute Gasteiger partial charge is 0.382 e. The molecule has 4 rings (SSSR count). The van der Waals surface area contributed by atoms with Crippen molar-refractivity contribution in [1.29, 1.82) is 0 Å². The van der Waals surface area contributed by atoms with Crippen LogP contribution in [0.25, 0.3) is 11.1 Å². The minimum atomic E-state index is 0.603. The minimum Gasteiger partial charge on any atom is -0.382 e. The van der Waals surface area contributed by atoms with Crippen LogP contribution in [0.2, 0.25) is 0 Å². The molecule has 2 aromatic rings. The fourth-order valence-corrected chi connectivity index (χ4v) is 3.85. The molecule has 0 amide bonds. The fourth-order valence-electron chi connectivity index (χ4n) is 3.85. The van der Waals surface area contributed by atoms with Crippen molar-refractivity contribution in [2.45, 2.75) is 31.6 Å². The highest BCUT2D eigenvalue weighted by Crippen LogP contribution is 2.62. The Labute approximate surface area is 112 Å². The summed E-state index contributed by atoms with van der Waals surface area (Å²) in [5.41, 5.74) is 9.45. The lowest BCUT2D eigenvalue weighted by Gasteiger charge is -2.04. The molecule has 0 radical (unpaired) electrons. The molecule has 2 atom stereocenters. The van der Waals surface area contributed by atoms with Crippen LogP contribution in [-0.4, -0.2) is 15.2 Å². The average Bonchev–Trinajstić information content (AvgIpc) is 3.07. The van der Waals surface area contributed by atoms with Crippen molar-refractivity contribution in [2.75, 3.05) is 5.73 Å². The van der Waals surface area contributed by atoms with E-state index >= 15 is 0 Å². The van der Waals surface area contributed by atoms with Crippen LogP contribution in [0.1, 0.15) is 37.3 Å². The molecule has 4 nitrogen and oxygen atoms in total. The third-order valence-electron chi connectivity index (χ3n) is 4.76. The number of pyridine rings is 1. The van der Waals surface area contributed by atoms with Crippen molar-refractivity contribution in [1.82, 2.24) is 15.2 Å². The lowest BCUT2D eigenvalue weighted by atomic mass is 10.0. The molecule has 2 unspecified atom stereocenters. The summed E-state index contributed by atoms with van der Waals surface area (Å²) < 4.78 is 0. The average molecular weight is 254 g/mol. The van der Waals surface area contributed by atoms with E-state index in [1.54, 1.807) is 6.20 Å². The van der Waals surface area contributed by atoms with Gasteiger partial charge in [0, 0.05) is 35.1 Å². The number of nitrogens with zero attached hydrogens (tertiary/aromatic N) is 2. The Hall–Kier alpha value is -1.84.